The maximum Gasteiger partial charge on any atom is 0.336 e. The lowest BCUT2D eigenvalue weighted by molar-refractivity contribution is -0.138. The molecule has 0 spiro atoms. The van der Waals surface area contributed by atoms with Crippen molar-refractivity contribution >= 4 is 23.6 Å². The van der Waals surface area contributed by atoms with E-state index in [9.17, 15) is 10.1 Å². The lowest BCUT2D eigenvalue weighted by Gasteiger charge is -2.37. The highest BCUT2D eigenvalue weighted by atomic mass is 16.5. The molecule has 1 unspecified atom stereocenters. The minimum atomic E-state index is -0.495. The van der Waals surface area contributed by atoms with E-state index in [0.717, 1.165) is 16.9 Å². The van der Waals surface area contributed by atoms with E-state index in [4.69, 9.17) is 24.2 Å². The molecule has 36 heavy (non-hydrogen) atoms. The number of ether oxygens (including phenoxy) is 3. The number of benzene rings is 1. The number of nitriles is 1. The molecular formula is C26H30N6O4. The van der Waals surface area contributed by atoms with Crippen molar-refractivity contribution < 1.29 is 19.0 Å². The Bertz CT molecular complexity index is 1210. The number of hydrogen-bond donors (Lipinski definition) is 1. The molecule has 2 fully saturated rings. The first kappa shape index (κ1) is 24.0. The predicted octanol–water partition coefficient (Wildman–Crippen LogP) is 2.42. The van der Waals surface area contributed by atoms with Crippen LogP contribution in [0.1, 0.15) is 36.5 Å². The lowest BCUT2D eigenvalue weighted by atomic mass is 9.81. The largest absolute Gasteiger partial charge is 0.463 e. The van der Waals surface area contributed by atoms with Crippen molar-refractivity contribution in [2.45, 2.75) is 19.8 Å². The van der Waals surface area contributed by atoms with Crippen molar-refractivity contribution in [3.8, 4) is 6.07 Å². The Morgan fingerprint density at radius 1 is 1.14 bits per heavy atom. The number of anilines is 3. The van der Waals surface area contributed by atoms with Crippen molar-refractivity contribution in [2.75, 3.05) is 74.3 Å². The average molecular weight is 491 g/mol. The van der Waals surface area contributed by atoms with Gasteiger partial charge in [0, 0.05) is 37.4 Å². The summed E-state index contributed by atoms with van der Waals surface area (Å²) < 4.78 is 16.6. The highest BCUT2D eigenvalue weighted by Crippen LogP contribution is 2.46. The number of esters is 1. The summed E-state index contributed by atoms with van der Waals surface area (Å²) in [6, 6.07) is 9.57. The second kappa shape index (κ2) is 10.5. The smallest absolute Gasteiger partial charge is 0.336 e. The summed E-state index contributed by atoms with van der Waals surface area (Å²) in [5.41, 5.74) is 3.31. The molecule has 0 aliphatic carbocycles. The maximum absolute atomic E-state index is 13.3. The van der Waals surface area contributed by atoms with Crippen molar-refractivity contribution in [3.05, 3.63) is 52.2 Å². The minimum Gasteiger partial charge on any atom is -0.463 e. The lowest BCUT2D eigenvalue weighted by Crippen LogP contribution is -2.41. The third kappa shape index (κ3) is 4.59. The van der Waals surface area contributed by atoms with E-state index in [1.165, 1.54) is 0 Å². The summed E-state index contributed by atoms with van der Waals surface area (Å²) in [6.07, 6.45) is 0. The number of fused-ring (bicyclic) bond motifs is 1. The molecule has 3 aliphatic heterocycles. The van der Waals surface area contributed by atoms with Crippen LogP contribution >= 0.6 is 0 Å². The van der Waals surface area contributed by atoms with Crippen molar-refractivity contribution in [3.63, 3.8) is 0 Å². The van der Waals surface area contributed by atoms with Gasteiger partial charge in [0.1, 0.15) is 11.6 Å². The highest BCUT2D eigenvalue weighted by molar-refractivity contribution is 5.95. The van der Waals surface area contributed by atoms with Gasteiger partial charge in [0.2, 0.25) is 5.95 Å². The average Bonchev–Trinajstić information content (AvgIpc) is 2.92. The summed E-state index contributed by atoms with van der Waals surface area (Å²) in [4.78, 5) is 27.6. The van der Waals surface area contributed by atoms with Gasteiger partial charge in [0.05, 0.1) is 56.2 Å². The summed E-state index contributed by atoms with van der Waals surface area (Å²) in [5, 5.41) is 13.0. The first-order chi connectivity index (χ1) is 17.6. The molecule has 4 heterocycles. The maximum atomic E-state index is 13.3. The molecule has 2 aromatic rings. The molecule has 5 rings (SSSR count). The van der Waals surface area contributed by atoms with Crippen LogP contribution in [0.2, 0.25) is 0 Å². The van der Waals surface area contributed by atoms with Gasteiger partial charge in [0.25, 0.3) is 0 Å². The molecule has 3 aliphatic rings. The van der Waals surface area contributed by atoms with Crippen LogP contribution in [0, 0.1) is 11.3 Å². The highest BCUT2D eigenvalue weighted by Gasteiger charge is 2.38. The quantitative estimate of drug-likeness (QED) is 0.627. The standard InChI is InChI=1S/C26H30N6O4/c1-3-36-25(33)20-17(2)28-23-22(21(20)19-6-4-5-18(15-19)16-27)24(31-7-11-34-12-8-31)30-26(29-23)32-9-13-35-14-10-32/h4-6,15,21H,3,7-14H2,1-2H3,(H,28,29,30). The van der Waals surface area contributed by atoms with Gasteiger partial charge in [-0.15, -0.1) is 0 Å². The second-order valence-corrected chi connectivity index (χ2v) is 8.86. The zero-order valence-electron chi connectivity index (χ0n) is 20.6. The predicted molar refractivity (Wildman–Crippen MR) is 134 cm³/mol. The molecule has 10 nitrogen and oxygen atoms in total. The van der Waals surface area contributed by atoms with Gasteiger partial charge in [-0.05, 0) is 31.5 Å². The minimum absolute atomic E-state index is 0.260. The first-order valence-electron chi connectivity index (χ1n) is 12.3. The fourth-order valence-electron chi connectivity index (χ4n) is 4.93. The van der Waals surface area contributed by atoms with Gasteiger partial charge in [-0.1, -0.05) is 12.1 Å². The molecule has 0 radical (unpaired) electrons. The SMILES string of the molecule is CCOC(=O)C1=C(C)Nc2nc(N3CCOCC3)nc(N3CCOCC3)c2C1c1cccc(C#N)c1. The molecule has 1 aromatic carbocycles. The number of aromatic nitrogens is 2. The van der Waals surface area contributed by atoms with Crippen LogP contribution in [0.5, 0.6) is 0 Å². The number of rotatable bonds is 5. The zero-order valence-corrected chi connectivity index (χ0v) is 20.6. The second-order valence-electron chi connectivity index (χ2n) is 8.86. The summed E-state index contributed by atoms with van der Waals surface area (Å²) >= 11 is 0. The van der Waals surface area contributed by atoms with Gasteiger partial charge >= 0.3 is 5.97 Å². The molecule has 10 heteroatoms. The fourth-order valence-corrected chi connectivity index (χ4v) is 4.93. The third-order valence-corrected chi connectivity index (χ3v) is 6.65. The van der Waals surface area contributed by atoms with Crippen LogP contribution in [0.3, 0.4) is 0 Å². The number of carbonyl (C=O) groups is 1. The summed E-state index contributed by atoms with van der Waals surface area (Å²) in [5.74, 6) is 1.16. The Morgan fingerprint density at radius 3 is 2.50 bits per heavy atom. The number of hydrogen-bond acceptors (Lipinski definition) is 10. The van der Waals surface area contributed by atoms with Gasteiger partial charge in [-0.3, -0.25) is 0 Å². The Hall–Kier alpha value is -3.68. The van der Waals surface area contributed by atoms with Crippen LogP contribution in [-0.4, -0.2) is 75.2 Å². The van der Waals surface area contributed by atoms with Gasteiger partial charge in [-0.25, -0.2) is 4.79 Å². The molecular weight excluding hydrogens is 460 g/mol. The van der Waals surface area contributed by atoms with Crippen molar-refractivity contribution in [1.29, 1.82) is 5.26 Å². The first-order valence-corrected chi connectivity index (χ1v) is 12.3. The van der Waals surface area contributed by atoms with E-state index in [2.05, 4.69) is 21.2 Å². The topological polar surface area (TPSA) is 113 Å². The van der Waals surface area contributed by atoms with E-state index in [1.807, 2.05) is 25.1 Å². The van der Waals surface area contributed by atoms with Crippen molar-refractivity contribution in [1.82, 2.24) is 9.97 Å². The molecule has 0 amide bonds. The van der Waals surface area contributed by atoms with Gasteiger partial charge in [0.15, 0.2) is 0 Å². The van der Waals surface area contributed by atoms with Crippen LogP contribution in [0.25, 0.3) is 0 Å². The van der Waals surface area contributed by atoms with E-state index < -0.39 is 11.9 Å². The summed E-state index contributed by atoms with van der Waals surface area (Å²) in [6.45, 7) is 9.10. The normalized spacial score (nSPS) is 19.9. The molecule has 1 atom stereocenters. The van der Waals surface area contributed by atoms with Crippen LogP contribution in [0.4, 0.5) is 17.6 Å². The van der Waals surface area contributed by atoms with Crippen molar-refractivity contribution in [2.24, 2.45) is 0 Å². The Kier molecular flexibility index (Phi) is 7.02. The number of nitrogens with zero attached hydrogens (tertiary/aromatic N) is 5. The number of morpholine rings is 2. The van der Waals surface area contributed by atoms with Gasteiger partial charge < -0.3 is 29.3 Å². The Labute approximate surface area is 210 Å². The molecule has 1 N–H and O–H groups in total. The molecule has 0 bridgehead atoms. The van der Waals surface area contributed by atoms with Crippen LogP contribution in [0.15, 0.2) is 35.5 Å². The summed E-state index contributed by atoms with van der Waals surface area (Å²) in [7, 11) is 0. The number of nitrogens with one attached hydrogen (secondary N) is 1. The van der Waals surface area contributed by atoms with E-state index in [1.54, 1.807) is 13.0 Å². The number of carbonyl (C=O) groups excluding carboxylic acids is 1. The number of allylic oxidation sites excluding steroid dienone is 1. The third-order valence-electron chi connectivity index (χ3n) is 6.65. The zero-order chi connectivity index (χ0) is 25.1. The van der Waals surface area contributed by atoms with Crippen LogP contribution in [-0.2, 0) is 19.0 Å². The Balaban J connectivity index is 1.72. The Morgan fingerprint density at radius 2 is 1.83 bits per heavy atom. The molecule has 2 saturated heterocycles. The van der Waals surface area contributed by atoms with E-state index in [-0.39, 0.29) is 6.61 Å². The molecule has 0 saturated carbocycles. The van der Waals surface area contributed by atoms with Crippen LogP contribution < -0.4 is 15.1 Å². The van der Waals surface area contributed by atoms with Gasteiger partial charge in [-0.2, -0.15) is 15.2 Å². The van der Waals surface area contributed by atoms with E-state index >= 15 is 0 Å². The fraction of sp³-hybridized carbons (Fsp3) is 0.462. The molecule has 188 valence electrons. The molecule has 1 aromatic heterocycles. The van der Waals surface area contributed by atoms with E-state index in [0.29, 0.717) is 81.2 Å². The monoisotopic (exact) mass is 490 g/mol.